The minimum Gasteiger partial charge on any atom is -0.387 e. The highest BCUT2D eigenvalue weighted by molar-refractivity contribution is 6.06. The third kappa shape index (κ3) is 2.67. The molecule has 5 heteroatoms. The van der Waals surface area contributed by atoms with Crippen molar-refractivity contribution in [2.24, 2.45) is 0 Å². The number of rotatable bonds is 3. The summed E-state index contributed by atoms with van der Waals surface area (Å²) >= 11 is 0. The lowest BCUT2D eigenvalue weighted by Crippen LogP contribution is -2.40. The number of aliphatic hydroxyl groups is 1. The molecule has 1 unspecified atom stereocenters. The van der Waals surface area contributed by atoms with Crippen molar-refractivity contribution in [1.29, 1.82) is 0 Å². The first kappa shape index (κ1) is 14.5. The van der Waals surface area contributed by atoms with Crippen molar-refractivity contribution in [2.45, 2.75) is 39.3 Å². The number of β-amino-alcohol motifs (C(OH)–C–C–N with tert-alkyl or cyclic N) is 1. The van der Waals surface area contributed by atoms with Gasteiger partial charge in [0.25, 0.3) is 5.91 Å². The summed E-state index contributed by atoms with van der Waals surface area (Å²) in [5, 5.41) is 12.9. The van der Waals surface area contributed by atoms with Gasteiger partial charge in [0, 0.05) is 0 Å². The van der Waals surface area contributed by atoms with Crippen LogP contribution in [0, 0.1) is 13.8 Å². The molecule has 20 heavy (non-hydrogen) atoms. The van der Waals surface area contributed by atoms with Gasteiger partial charge >= 0.3 is 6.03 Å². The monoisotopic (exact) mass is 276 g/mol. The number of nitrogens with zero attached hydrogens (tertiary/aromatic N) is 1. The van der Waals surface area contributed by atoms with Crippen LogP contribution in [-0.2, 0) is 4.79 Å². The van der Waals surface area contributed by atoms with Gasteiger partial charge in [-0.25, -0.2) is 4.79 Å². The second-order valence-corrected chi connectivity index (χ2v) is 5.91. The maximum Gasteiger partial charge on any atom is 0.325 e. The van der Waals surface area contributed by atoms with Crippen molar-refractivity contribution in [3.8, 4) is 0 Å². The molecule has 0 aromatic heterocycles. The molecule has 1 aromatic carbocycles. The van der Waals surface area contributed by atoms with Gasteiger partial charge < -0.3 is 10.4 Å². The van der Waals surface area contributed by atoms with E-state index in [0.29, 0.717) is 5.56 Å². The molecule has 5 nitrogen and oxygen atoms in total. The third-order valence-corrected chi connectivity index (χ3v) is 3.43. The Hall–Kier alpha value is -1.88. The quantitative estimate of drug-likeness (QED) is 0.825. The van der Waals surface area contributed by atoms with Crippen LogP contribution in [0.5, 0.6) is 0 Å². The van der Waals surface area contributed by atoms with Crippen LogP contribution in [0.3, 0.4) is 0 Å². The highest BCUT2D eigenvalue weighted by Crippen LogP contribution is 2.22. The molecule has 0 bridgehead atoms. The third-order valence-electron chi connectivity index (χ3n) is 3.43. The van der Waals surface area contributed by atoms with Crippen LogP contribution >= 0.6 is 0 Å². The largest absolute Gasteiger partial charge is 0.387 e. The Morgan fingerprint density at radius 2 is 1.75 bits per heavy atom. The summed E-state index contributed by atoms with van der Waals surface area (Å²) in [6.45, 7) is 7.16. The molecule has 1 heterocycles. The summed E-state index contributed by atoms with van der Waals surface area (Å²) in [7, 11) is 0. The van der Waals surface area contributed by atoms with Gasteiger partial charge in [-0.3, -0.25) is 9.69 Å². The number of imide groups is 1. The summed E-state index contributed by atoms with van der Waals surface area (Å²) in [6, 6.07) is 5.28. The van der Waals surface area contributed by atoms with E-state index < -0.39 is 17.7 Å². The summed E-state index contributed by atoms with van der Waals surface area (Å²) in [6.07, 6.45) is -0.878. The smallest absolute Gasteiger partial charge is 0.325 e. The SMILES string of the molecule is Cc1cc(C)cc(C(O)CN2C(=O)NC(C)(C)C2=O)c1. The van der Waals surface area contributed by atoms with Gasteiger partial charge in [-0.2, -0.15) is 0 Å². The Morgan fingerprint density at radius 1 is 1.20 bits per heavy atom. The lowest BCUT2D eigenvalue weighted by molar-refractivity contribution is -0.131. The highest BCUT2D eigenvalue weighted by Gasteiger charge is 2.44. The summed E-state index contributed by atoms with van der Waals surface area (Å²) in [5.41, 5.74) is 1.89. The van der Waals surface area contributed by atoms with E-state index in [0.717, 1.165) is 16.0 Å². The van der Waals surface area contributed by atoms with Crippen LogP contribution in [-0.4, -0.2) is 34.0 Å². The van der Waals surface area contributed by atoms with Crippen molar-refractivity contribution >= 4 is 11.9 Å². The molecule has 0 spiro atoms. The number of nitrogens with one attached hydrogen (secondary N) is 1. The van der Waals surface area contributed by atoms with Crippen LogP contribution in [0.1, 0.15) is 36.6 Å². The highest BCUT2D eigenvalue weighted by atomic mass is 16.3. The van der Waals surface area contributed by atoms with Gasteiger partial charge in [0.15, 0.2) is 0 Å². The summed E-state index contributed by atoms with van der Waals surface area (Å²) in [5.74, 6) is -0.314. The fourth-order valence-corrected chi connectivity index (χ4v) is 2.46. The molecule has 1 saturated heterocycles. The molecular formula is C15H20N2O3. The van der Waals surface area contributed by atoms with E-state index >= 15 is 0 Å². The summed E-state index contributed by atoms with van der Waals surface area (Å²) in [4.78, 5) is 24.9. The number of carbonyl (C=O) groups excluding carboxylic acids is 2. The van der Waals surface area contributed by atoms with Crippen molar-refractivity contribution in [2.75, 3.05) is 6.54 Å². The van der Waals surface area contributed by atoms with Crippen molar-refractivity contribution in [1.82, 2.24) is 10.2 Å². The normalized spacial score (nSPS) is 19.1. The maximum absolute atomic E-state index is 12.1. The number of hydrogen-bond acceptors (Lipinski definition) is 3. The number of hydrogen-bond donors (Lipinski definition) is 2. The lowest BCUT2D eigenvalue weighted by atomic mass is 10.0. The zero-order chi connectivity index (χ0) is 15.1. The predicted octanol–water partition coefficient (Wildman–Crippen LogP) is 1.67. The molecule has 0 saturated carbocycles. The van der Waals surface area contributed by atoms with Crippen LogP contribution in [0.15, 0.2) is 18.2 Å². The summed E-state index contributed by atoms with van der Waals surface area (Å²) < 4.78 is 0. The molecule has 2 rings (SSSR count). The molecule has 0 aliphatic carbocycles. The molecule has 1 fully saturated rings. The fraction of sp³-hybridized carbons (Fsp3) is 0.467. The van der Waals surface area contributed by atoms with Crippen LogP contribution < -0.4 is 5.32 Å². The molecule has 1 aliphatic rings. The standard InChI is InChI=1S/C15H20N2O3/c1-9-5-10(2)7-11(6-9)12(18)8-17-13(19)15(3,4)16-14(17)20/h5-7,12,18H,8H2,1-4H3,(H,16,20). The van der Waals surface area contributed by atoms with Gasteiger partial charge in [-0.05, 0) is 33.3 Å². The number of amides is 3. The van der Waals surface area contributed by atoms with Gasteiger partial charge in [-0.1, -0.05) is 29.3 Å². The number of aryl methyl sites for hydroxylation is 2. The van der Waals surface area contributed by atoms with Gasteiger partial charge in [-0.15, -0.1) is 0 Å². The van der Waals surface area contributed by atoms with E-state index in [9.17, 15) is 14.7 Å². The van der Waals surface area contributed by atoms with E-state index in [1.807, 2.05) is 32.0 Å². The molecule has 3 amide bonds. The molecule has 2 N–H and O–H groups in total. The Kier molecular flexibility index (Phi) is 3.56. The van der Waals surface area contributed by atoms with E-state index in [2.05, 4.69) is 5.32 Å². The zero-order valence-corrected chi connectivity index (χ0v) is 12.2. The minimum absolute atomic E-state index is 0.0308. The van der Waals surface area contributed by atoms with Crippen molar-refractivity contribution < 1.29 is 14.7 Å². The average molecular weight is 276 g/mol. The van der Waals surface area contributed by atoms with Crippen molar-refractivity contribution in [3.05, 3.63) is 34.9 Å². The Labute approximate surface area is 118 Å². The van der Waals surface area contributed by atoms with E-state index in [-0.39, 0.29) is 12.5 Å². The molecule has 0 radical (unpaired) electrons. The van der Waals surface area contributed by atoms with Gasteiger partial charge in [0.1, 0.15) is 5.54 Å². The van der Waals surface area contributed by atoms with E-state index in [1.165, 1.54) is 0 Å². The average Bonchev–Trinajstić information content (AvgIpc) is 2.50. The number of aliphatic hydroxyl groups excluding tert-OH is 1. The molecule has 108 valence electrons. The van der Waals surface area contributed by atoms with E-state index in [1.54, 1.807) is 13.8 Å². The topological polar surface area (TPSA) is 69.6 Å². The minimum atomic E-state index is -0.903. The Morgan fingerprint density at radius 3 is 2.20 bits per heavy atom. The Bertz CT molecular complexity index is 546. The molecule has 1 atom stereocenters. The molecular weight excluding hydrogens is 256 g/mol. The van der Waals surface area contributed by atoms with E-state index in [4.69, 9.17) is 0 Å². The number of urea groups is 1. The van der Waals surface area contributed by atoms with Crippen LogP contribution in [0.4, 0.5) is 4.79 Å². The molecule has 1 aromatic rings. The van der Waals surface area contributed by atoms with Gasteiger partial charge in [0.2, 0.25) is 0 Å². The van der Waals surface area contributed by atoms with Crippen LogP contribution in [0.2, 0.25) is 0 Å². The number of carbonyl (C=O) groups is 2. The number of benzene rings is 1. The predicted molar refractivity (Wildman–Crippen MR) is 75.2 cm³/mol. The first-order chi connectivity index (χ1) is 9.20. The second-order valence-electron chi connectivity index (χ2n) is 5.91. The zero-order valence-electron chi connectivity index (χ0n) is 12.2. The first-order valence-corrected chi connectivity index (χ1v) is 6.61. The maximum atomic E-state index is 12.1. The fourth-order valence-electron chi connectivity index (χ4n) is 2.46. The second kappa shape index (κ2) is 4.90. The Balaban J connectivity index is 2.18. The van der Waals surface area contributed by atoms with Crippen LogP contribution in [0.25, 0.3) is 0 Å². The lowest BCUT2D eigenvalue weighted by Gasteiger charge is -2.20. The first-order valence-electron chi connectivity index (χ1n) is 6.61. The van der Waals surface area contributed by atoms with Gasteiger partial charge in [0.05, 0.1) is 12.6 Å². The van der Waals surface area contributed by atoms with Crippen molar-refractivity contribution in [3.63, 3.8) is 0 Å². The molecule has 1 aliphatic heterocycles.